The second-order valence-electron chi connectivity index (χ2n) is 11.6. The maximum Gasteiger partial charge on any atom is 0.173 e. The van der Waals surface area contributed by atoms with E-state index >= 15 is 0 Å². The number of anilines is 2. The highest BCUT2D eigenvalue weighted by Crippen LogP contribution is 2.41. The van der Waals surface area contributed by atoms with Crippen molar-refractivity contribution < 1.29 is 0 Å². The van der Waals surface area contributed by atoms with E-state index in [9.17, 15) is 0 Å². The summed E-state index contributed by atoms with van der Waals surface area (Å²) in [5.74, 6) is 1.34. The lowest BCUT2D eigenvalue weighted by Gasteiger charge is -2.18. The maximum absolute atomic E-state index is 5.17. The maximum atomic E-state index is 5.17. The second-order valence-corrected chi connectivity index (χ2v) is 11.6. The third kappa shape index (κ3) is 4.26. The zero-order valence-corrected chi connectivity index (χ0v) is 25.7. The highest BCUT2D eigenvalue weighted by Gasteiger charge is 2.22. The van der Waals surface area contributed by atoms with E-state index in [1.807, 2.05) is 43.4 Å². The number of nitrogens with zero attached hydrogens (tertiary/aromatic N) is 4. The Morgan fingerprint density at radius 2 is 1.13 bits per heavy atom. The van der Waals surface area contributed by atoms with E-state index in [1.54, 1.807) is 0 Å². The molecule has 2 N–H and O–H groups in total. The second kappa shape index (κ2) is 10.9. The Morgan fingerprint density at radius 1 is 0.511 bits per heavy atom. The number of hydrogen-bond acceptors (Lipinski definition) is 4. The van der Waals surface area contributed by atoms with Crippen molar-refractivity contribution in [2.75, 3.05) is 17.8 Å². The molecule has 0 radical (unpaired) electrons. The third-order valence-electron chi connectivity index (χ3n) is 8.94. The zero-order chi connectivity index (χ0) is 31.3. The van der Waals surface area contributed by atoms with Gasteiger partial charge in [-0.25, -0.2) is 9.97 Å². The lowest BCUT2D eigenvalue weighted by molar-refractivity contribution is 1.02. The zero-order valence-electron chi connectivity index (χ0n) is 25.7. The molecule has 0 unspecified atom stereocenters. The molecule has 6 aromatic carbocycles. The van der Waals surface area contributed by atoms with E-state index in [0.29, 0.717) is 11.6 Å². The molecule has 6 nitrogen and oxygen atoms in total. The molecule has 0 saturated heterocycles. The molecule has 224 valence electrons. The first kappa shape index (κ1) is 27.0. The van der Waals surface area contributed by atoms with E-state index in [2.05, 4.69) is 135 Å². The SMILES string of the molecule is CNc1c(Nn2c3ccccc3c3ccc4c(c5ccccc5n4-c4ccccc4)c32)nc(-c2ccccc2)nc1-c1ccccc1. The van der Waals surface area contributed by atoms with Crippen LogP contribution in [0.4, 0.5) is 11.5 Å². The summed E-state index contributed by atoms with van der Waals surface area (Å²) in [4.78, 5) is 10.3. The number of rotatable bonds is 6. The molecule has 3 aromatic heterocycles. The average Bonchev–Trinajstić information content (AvgIpc) is 3.65. The average molecular weight is 607 g/mol. The molecule has 0 bridgehead atoms. The number of para-hydroxylation sites is 3. The van der Waals surface area contributed by atoms with Gasteiger partial charge in [0.2, 0.25) is 0 Å². The van der Waals surface area contributed by atoms with Gasteiger partial charge in [-0.2, -0.15) is 0 Å². The predicted molar refractivity (Wildman–Crippen MR) is 195 cm³/mol. The quantitative estimate of drug-likeness (QED) is 0.198. The van der Waals surface area contributed by atoms with Gasteiger partial charge in [0.05, 0.1) is 27.8 Å². The van der Waals surface area contributed by atoms with Gasteiger partial charge in [-0.05, 0) is 36.4 Å². The first-order valence-corrected chi connectivity index (χ1v) is 15.8. The lowest BCUT2D eigenvalue weighted by atomic mass is 10.1. The number of benzene rings is 6. The van der Waals surface area contributed by atoms with Gasteiger partial charge < -0.3 is 9.88 Å². The van der Waals surface area contributed by atoms with E-state index in [4.69, 9.17) is 9.97 Å². The topological polar surface area (TPSA) is 59.7 Å². The normalized spacial score (nSPS) is 11.5. The minimum atomic E-state index is 0.651. The summed E-state index contributed by atoms with van der Waals surface area (Å²) < 4.78 is 4.57. The molecule has 47 heavy (non-hydrogen) atoms. The van der Waals surface area contributed by atoms with Gasteiger partial charge in [0.25, 0.3) is 0 Å². The molecule has 0 fully saturated rings. The highest BCUT2D eigenvalue weighted by molar-refractivity contribution is 6.25. The predicted octanol–water partition coefficient (Wildman–Crippen LogP) is 9.93. The summed E-state index contributed by atoms with van der Waals surface area (Å²) in [6.07, 6.45) is 0. The Bertz CT molecular complexity index is 2570. The van der Waals surface area contributed by atoms with Crippen LogP contribution in [-0.4, -0.2) is 26.3 Å². The van der Waals surface area contributed by atoms with Crippen LogP contribution < -0.4 is 10.7 Å². The molecular formula is C41H30N6. The number of hydrogen-bond donors (Lipinski definition) is 2. The summed E-state index contributed by atoms with van der Waals surface area (Å²) in [6, 6.07) is 52.7. The van der Waals surface area contributed by atoms with Gasteiger partial charge in [0.1, 0.15) is 5.69 Å². The molecule has 0 aliphatic carbocycles. The Hall–Kier alpha value is -6.40. The fourth-order valence-corrected chi connectivity index (χ4v) is 6.89. The van der Waals surface area contributed by atoms with Crippen molar-refractivity contribution in [3.05, 3.63) is 152 Å². The largest absolute Gasteiger partial charge is 0.383 e. The van der Waals surface area contributed by atoms with Crippen LogP contribution in [0.5, 0.6) is 0 Å². The minimum absolute atomic E-state index is 0.651. The minimum Gasteiger partial charge on any atom is -0.383 e. The summed E-state index contributed by atoms with van der Waals surface area (Å²) in [7, 11) is 1.93. The standard InChI is InChI=1S/C41H30N6/c1-42-38-37(27-15-5-2-6-16-27)43-40(28-17-7-3-8-18-28)44-41(38)45-47-34-24-14-11-21-30(34)31-25-26-35-36(39(31)47)32-22-12-13-23-33(32)46(35)29-19-9-4-10-20-29/h2-26,42H,1H3,(H,43,44,45). The first-order chi connectivity index (χ1) is 23.3. The molecule has 0 atom stereocenters. The van der Waals surface area contributed by atoms with E-state index < -0.39 is 0 Å². The fourth-order valence-electron chi connectivity index (χ4n) is 6.89. The molecule has 3 heterocycles. The number of nitrogens with one attached hydrogen (secondary N) is 2. The van der Waals surface area contributed by atoms with Gasteiger partial charge >= 0.3 is 0 Å². The van der Waals surface area contributed by atoms with Gasteiger partial charge in [-0.1, -0.05) is 115 Å². The van der Waals surface area contributed by atoms with E-state index in [0.717, 1.165) is 50.3 Å². The molecule has 0 aliphatic heterocycles. The summed E-state index contributed by atoms with van der Waals surface area (Å²) >= 11 is 0. The Morgan fingerprint density at radius 3 is 1.85 bits per heavy atom. The van der Waals surface area contributed by atoms with Gasteiger partial charge in [-0.3, -0.25) is 10.1 Å². The lowest BCUT2D eigenvalue weighted by Crippen LogP contribution is -2.14. The van der Waals surface area contributed by atoms with Crippen molar-refractivity contribution in [1.82, 2.24) is 19.2 Å². The summed E-state index contributed by atoms with van der Waals surface area (Å²) in [6.45, 7) is 0. The monoisotopic (exact) mass is 606 g/mol. The third-order valence-corrected chi connectivity index (χ3v) is 8.94. The molecule has 0 aliphatic rings. The Labute approximate surface area is 271 Å². The van der Waals surface area contributed by atoms with Crippen molar-refractivity contribution in [3.63, 3.8) is 0 Å². The van der Waals surface area contributed by atoms with Crippen LogP contribution in [0.15, 0.2) is 152 Å². The van der Waals surface area contributed by atoms with Crippen LogP contribution >= 0.6 is 0 Å². The van der Waals surface area contributed by atoms with Crippen LogP contribution in [0.25, 0.3) is 71.9 Å². The van der Waals surface area contributed by atoms with Crippen molar-refractivity contribution in [3.8, 4) is 28.3 Å². The van der Waals surface area contributed by atoms with Crippen LogP contribution in [0, 0.1) is 0 Å². The molecule has 9 rings (SSSR count). The van der Waals surface area contributed by atoms with Crippen molar-refractivity contribution in [1.29, 1.82) is 0 Å². The number of fused-ring (bicyclic) bond motifs is 7. The van der Waals surface area contributed by atoms with Crippen LogP contribution in [0.3, 0.4) is 0 Å². The van der Waals surface area contributed by atoms with Crippen molar-refractivity contribution >= 4 is 55.1 Å². The molecule has 9 aromatic rings. The number of aromatic nitrogens is 4. The molecule has 0 spiro atoms. The fraction of sp³-hybridized carbons (Fsp3) is 0.0244. The Kier molecular flexibility index (Phi) is 6.25. The first-order valence-electron chi connectivity index (χ1n) is 15.8. The van der Waals surface area contributed by atoms with Crippen molar-refractivity contribution in [2.45, 2.75) is 0 Å². The van der Waals surface area contributed by atoms with Gasteiger partial charge in [0.15, 0.2) is 11.6 Å². The summed E-state index contributed by atoms with van der Waals surface area (Å²) in [5.41, 5.74) is 13.0. The van der Waals surface area contributed by atoms with E-state index in [-0.39, 0.29) is 0 Å². The van der Waals surface area contributed by atoms with Crippen molar-refractivity contribution in [2.24, 2.45) is 0 Å². The van der Waals surface area contributed by atoms with Gasteiger partial charge in [0, 0.05) is 45.4 Å². The van der Waals surface area contributed by atoms with Crippen LogP contribution in [0.1, 0.15) is 0 Å². The molecule has 0 saturated carbocycles. The Balaban J connectivity index is 1.37. The molecule has 0 amide bonds. The van der Waals surface area contributed by atoms with Crippen LogP contribution in [-0.2, 0) is 0 Å². The van der Waals surface area contributed by atoms with Gasteiger partial charge in [-0.15, -0.1) is 0 Å². The molecule has 6 heteroatoms. The van der Waals surface area contributed by atoms with Crippen LogP contribution in [0.2, 0.25) is 0 Å². The summed E-state index contributed by atoms with van der Waals surface area (Å²) in [5, 5.41) is 8.14. The smallest absolute Gasteiger partial charge is 0.173 e. The highest BCUT2D eigenvalue weighted by atomic mass is 15.4. The molecular weight excluding hydrogens is 576 g/mol. The van der Waals surface area contributed by atoms with E-state index in [1.165, 1.54) is 21.5 Å².